The van der Waals surface area contributed by atoms with Crippen molar-refractivity contribution in [3.05, 3.63) is 72.1 Å². The largest absolute Gasteiger partial charge is 0.479 e. The highest BCUT2D eigenvalue weighted by atomic mass is 16.6. The summed E-state index contributed by atoms with van der Waals surface area (Å²) in [6, 6.07) is 17.0. The molecule has 2 unspecified atom stereocenters. The van der Waals surface area contributed by atoms with Crippen LogP contribution in [0.2, 0.25) is 0 Å². The van der Waals surface area contributed by atoms with Crippen molar-refractivity contribution in [2.24, 2.45) is 13.0 Å². The summed E-state index contributed by atoms with van der Waals surface area (Å²) in [6.07, 6.45) is 2.62. The van der Waals surface area contributed by atoms with E-state index in [1.165, 1.54) is 0 Å². The summed E-state index contributed by atoms with van der Waals surface area (Å²) in [5.74, 6) is 0.0757. The van der Waals surface area contributed by atoms with E-state index in [9.17, 15) is 14.7 Å². The van der Waals surface area contributed by atoms with Gasteiger partial charge in [-0.15, -0.1) is 0 Å². The van der Waals surface area contributed by atoms with Gasteiger partial charge >= 0.3 is 12.1 Å². The fraction of sp³-hybridized carbons (Fsp3) is 0.346. The van der Waals surface area contributed by atoms with Crippen LogP contribution in [0.3, 0.4) is 0 Å². The molecule has 2 atom stereocenters. The molecule has 8 nitrogen and oxygen atoms in total. The van der Waals surface area contributed by atoms with E-state index in [0.717, 1.165) is 29.5 Å². The number of aryl methyl sites for hydroxylation is 1. The van der Waals surface area contributed by atoms with E-state index in [1.807, 2.05) is 61.5 Å². The van der Waals surface area contributed by atoms with Crippen molar-refractivity contribution in [1.29, 1.82) is 0 Å². The molecule has 0 saturated heterocycles. The van der Waals surface area contributed by atoms with Gasteiger partial charge in [-0.2, -0.15) is 0 Å². The zero-order valence-corrected chi connectivity index (χ0v) is 19.3. The lowest BCUT2D eigenvalue weighted by atomic mass is 10.1. The number of carboxylic acids is 1. The molecule has 0 radical (unpaired) electrons. The van der Waals surface area contributed by atoms with E-state index in [2.05, 4.69) is 10.3 Å². The van der Waals surface area contributed by atoms with Crippen LogP contribution in [-0.2, 0) is 27.9 Å². The van der Waals surface area contributed by atoms with Gasteiger partial charge in [0.05, 0.1) is 12.9 Å². The fourth-order valence-electron chi connectivity index (χ4n) is 3.72. The Kier molecular flexibility index (Phi) is 7.27. The van der Waals surface area contributed by atoms with Gasteiger partial charge in [0.15, 0.2) is 6.10 Å². The van der Waals surface area contributed by atoms with Crippen molar-refractivity contribution in [3.8, 4) is 11.3 Å². The second kappa shape index (κ2) is 10.5. The van der Waals surface area contributed by atoms with Gasteiger partial charge in [0.25, 0.3) is 0 Å². The van der Waals surface area contributed by atoms with Crippen molar-refractivity contribution in [2.75, 3.05) is 5.32 Å². The summed E-state index contributed by atoms with van der Waals surface area (Å²) in [5, 5.41) is 12.2. The Labute approximate surface area is 198 Å². The number of ether oxygens (including phenoxy) is 2. The molecule has 1 aromatic heterocycles. The highest BCUT2D eigenvalue weighted by molar-refractivity contribution is 5.89. The minimum Gasteiger partial charge on any atom is -0.479 e. The monoisotopic (exact) mass is 463 g/mol. The van der Waals surface area contributed by atoms with Crippen LogP contribution < -0.4 is 5.32 Å². The number of carbonyl (C=O) groups excluding carboxylic acids is 1. The minimum atomic E-state index is -0.916. The van der Waals surface area contributed by atoms with Gasteiger partial charge in [0.2, 0.25) is 0 Å². The molecule has 1 fully saturated rings. The highest BCUT2D eigenvalue weighted by Crippen LogP contribution is 2.34. The standard InChI is InChI=1S/C26H29N3O5/c1-17(20-6-4-3-5-7-20)34-26(32)28-24-23(27-16-29(24)2)21-12-10-19(11-13-21)15-33-22(25(30)31)14-18-8-9-18/h3-7,10-13,16-18,22H,8-9,14-15H2,1-2H3,(H,28,32)(H,30,31). The molecule has 1 heterocycles. The third-order valence-corrected chi connectivity index (χ3v) is 5.91. The van der Waals surface area contributed by atoms with Crippen molar-refractivity contribution in [2.45, 2.75) is 45.0 Å². The number of anilines is 1. The van der Waals surface area contributed by atoms with Crippen LogP contribution in [-0.4, -0.2) is 32.8 Å². The molecule has 8 heteroatoms. The zero-order valence-electron chi connectivity index (χ0n) is 19.3. The van der Waals surface area contributed by atoms with Crippen molar-refractivity contribution in [1.82, 2.24) is 9.55 Å². The zero-order chi connectivity index (χ0) is 24.1. The number of rotatable bonds is 10. The first-order chi connectivity index (χ1) is 16.4. The summed E-state index contributed by atoms with van der Waals surface area (Å²) in [7, 11) is 1.79. The first-order valence-electron chi connectivity index (χ1n) is 11.4. The first kappa shape index (κ1) is 23.5. The molecule has 0 bridgehead atoms. The van der Waals surface area contributed by atoms with Gasteiger partial charge in [-0.05, 0) is 30.4 Å². The molecule has 1 amide bonds. The Morgan fingerprint density at radius 3 is 2.50 bits per heavy atom. The molecule has 1 aliphatic carbocycles. The molecule has 3 aromatic rings. The minimum absolute atomic E-state index is 0.223. The number of benzene rings is 2. The average molecular weight is 464 g/mol. The maximum Gasteiger partial charge on any atom is 0.413 e. The predicted molar refractivity (Wildman–Crippen MR) is 127 cm³/mol. The number of carbonyl (C=O) groups is 2. The van der Waals surface area contributed by atoms with Crippen LogP contribution in [0.5, 0.6) is 0 Å². The van der Waals surface area contributed by atoms with E-state index in [-0.39, 0.29) is 6.61 Å². The third-order valence-electron chi connectivity index (χ3n) is 5.91. The first-order valence-corrected chi connectivity index (χ1v) is 11.4. The molecular formula is C26H29N3O5. The van der Waals surface area contributed by atoms with Gasteiger partial charge in [-0.1, -0.05) is 67.4 Å². The second-order valence-corrected chi connectivity index (χ2v) is 8.65. The lowest BCUT2D eigenvalue weighted by Gasteiger charge is -2.15. The summed E-state index contributed by atoms with van der Waals surface area (Å²) < 4.78 is 12.9. The van der Waals surface area contributed by atoms with Gasteiger partial charge in [-0.25, -0.2) is 14.6 Å². The van der Waals surface area contributed by atoms with Crippen LogP contribution in [0.1, 0.15) is 43.4 Å². The summed E-state index contributed by atoms with van der Waals surface area (Å²) in [5.41, 5.74) is 3.19. The Morgan fingerprint density at radius 1 is 1.15 bits per heavy atom. The van der Waals surface area contributed by atoms with Crippen LogP contribution in [0.15, 0.2) is 60.9 Å². The number of aromatic nitrogens is 2. The molecule has 0 spiro atoms. The number of imidazole rings is 1. The lowest BCUT2D eigenvalue weighted by molar-refractivity contribution is -0.152. The molecule has 2 aromatic carbocycles. The Balaban J connectivity index is 1.39. The maximum atomic E-state index is 12.5. The summed E-state index contributed by atoms with van der Waals surface area (Å²) in [6.45, 7) is 2.04. The number of nitrogens with zero attached hydrogens (tertiary/aromatic N) is 2. The van der Waals surface area contributed by atoms with E-state index in [4.69, 9.17) is 9.47 Å². The Hall–Kier alpha value is -3.65. The van der Waals surface area contributed by atoms with Crippen molar-refractivity contribution >= 4 is 17.9 Å². The molecular weight excluding hydrogens is 434 g/mol. The number of aliphatic carboxylic acids is 1. The number of carboxylic acid groups (broad SMARTS) is 1. The van der Waals surface area contributed by atoms with Gasteiger partial charge in [-0.3, -0.25) is 5.32 Å². The predicted octanol–water partition coefficient (Wildman–Crippen LogP) is 5.17. The topological polar surface area (TPSA) is 103 Å². The van der Waals surface area contributed by atoms with Crippen LogP contribution in [0.4, 0.5) is 10.6 Å². The third kappa shape index (κ3) is 6.02. The van der Waals surface area contributed by atoms with Crippen molar-refractivity contribution < 1.29 is 24.2 Å². The number of hydrogen-bond acceptors (Lipinski definition) is 5. The second-order valence-electron chi connectivity index (χ2n) is 8.65. The van der Waals surface area contributed by atoms with Gasteiger partial charge in [0, 0.05) is 12.6 Å². The Morgan fingerprint density at radius 2 is 1.85 bits per heavy atom. The van der Waals surface area contributed by atoms with Crippen LogP contribution in [0, 0.1) is 5.92 Å². The summed E-state index contributed by atoms with van der Waals surface area (Å²) in [4.78, 5) is 28.4. The number of amides is 1. The highest BCUT2D eigenvalue weighted by Gasteiger charge is 2.29. The van der Waals surface area contributed by atoms with Crippen LogP contribution >= 0.6 is 0 Å². The molecule has 0 aliphatic heterocycles. The molecule has 2 N–H and O–H groups in total. The lowest BCUT2D eigenvalue weighted by Crippen LogP contribution is -2.24. The number of hydrogen-bond donors (Lipinski definition) is 2. The fourth-order valence-corrected chi connectivity index (χ4v) is 3.72. The molecule has 1 saturated carbocycles. The van der Waals surface area contributed by atoms with E-state index >= 15 is 0 Å². The Bertz CT molecular complexity index is 1120. The molecule has 178 valence electrons. The average Bonchev–Trinajstić information content (AvgIpc) is 3.59. The smallest absolute Gasteiger partial charge is 0.413 e. The van der Waals surface area contributed by atoms with E-state index < -0.39 is 24.3 Å². The molecule has 4 rings (SSSR count). The van der Waals surface area contributed by atoms with E-state index in [1.54, 1.807) is 17.9 Å². The van der Waals surface area contributed by atoms with Crippen LogP contribution in [0.25, 0.3) is 11.3 Å². The van der Waals surface area contributed by atoms with Gasteiger partial charge < -0.3 is 19.1 Å². The number of nitrogens with one attached hydrogen (secondary N) is 1. The maximum absolute atomic E-state index is 12.5. The quantitative estimate of drug-likeness (QED) is 0.430. The summed E-state index contributed by atoms with van der Waals surface area (Å²) >= 11 is 0. The molecule has 34 heavy (non-hydrogen) atoms. The SMILES string of the molecule is CC(OC(=O)Nc1c(-c2ccc(COC(CC3CC3)C(=O)O)cc2)ncn1C)c1ccccc1. The normalized spacial score (nSPS) is 14.9. The van der Waals surface area contributed by atoms with Crippen molar-refractivity contribution in [3.63, 3.8) is 0 Å². The van der Waals surface area contributed by atoms with Gasteiger partial charge in [0.1, 0.15) is 17.6 Å². The van der Waals surface area contributed by atoms with E-state index in [0.29, 0.717) is 23.9 Å². The molecule has 1 aliphatic rings.